The second kappa shape index (κ2) is 9.36. The van der Waals surface area contributed by atoms with Gasteiger partial charge in [0, 0.05) is 55.4 Å². The first-order valence-corrected chi connectivity index (χ1v) is 13.3. The summed E-state index contributed by atoms with van der Waals surface area (Å²) in [7, 11) is 0. The number of hydrogen-bond donors (Lipinski definition) is 1. The van der Waals surface area contributed by atoms with E-state index in [-0.39, 0.29) is 11.8 Å². The second-order valence-corrected chi connectivity index (χ2v) is 11.1. The molecule has 4 heterocycles. The average molecular weight is 486 g/mol. The van der Waals surface area contributed by atoms with E-state index in [1.165, 1.54) is 0 Å². The molecule has 0 radical (unpaired) electrons. The van der Waals surface area contributed by atoms with Crippen molar-refractivity contribution in [1.29, 1.82) is 0 Å². The minimum atomic E-state index is -0.0120. The Labute approximate surface area is 212 Å². The van der Waals surface area contributed by atoms with Gasteiger partial charge in [0.1, 0.15) is 0 Å². The zero-order valence-corrected chi connectivity index (χ0v) is 21.2. The van der Waals surface area contributed by atoms with E-state index in [1.54, 1.807) is 0 Å². The van der Waals surface area contributed by atoms with Gasteiger partial charge in [-0.3, -0.25) is 14.7 Å². The third-order valence-electron chi connectivity index (χ3n) is 8.57. The normalized spacial score (nSPS) is 23.1. The van der Waals surface area contributed by atoms with E-state index in [2.05, 4.69) is 58.1 Å². The van der Waals surface area contributed by atoms with Gasteiger partial charge in [-0.1, -0.05) is 36.4 Å². The molecule has 0 saturated carbocycles. The van der Waals surface area contributed by atoms with Crippen LogP contribution in [0.2, 0.25) is 0 Å². The first-order valence-electron chi connectivity index (χ1n) is 13.3. The van der Waals surface area contributed by atoms with Crippen LogP contribution in [0.15, 0.2) is 48.5 Å². The molecule has 3 aliphatic heterocycles. The molecular formula is C29H35N5O2. The molecule has 0 bridgehead atoms. The number of hydrogen-bond acceptors (Lipinski definition) is 4. The monoisotopic (exact) mass is 485 g/mol. The molecule has 2 unspecified atom stereocenters. The molecule has 1 aromatic heterocycles. The summed E-state index contributed by atoms with van der Waals surface area (Å²) in [5.41, 5.74) is 3.61. The minimum absolute atomic E-state index is 0.0120. The van der Waals surface area contributed by atoms with Gasteiger partial charge >= 0.3 is 0 Å². The third-order valence-corrected chi connectivity index (χ3v) is 8.57. The number of aromatic nitrogens is 2. The van der Waals surface area contributed by atoms with Crippen LogP contribution in [0.3, 0.4) is 0 Å². The van der Waals surface area contributed by atoms with Crippen LogP contribution in [0.1, 0.15) is 37.2 Å². The Hall–Kier alpha value is -3.19. The molecule has 7 nitrogen and oxygen atoms in total. The lowest BCUT2D eigenvalue weighted by Gasteiger charge is -2.35. The highest BCUT2D eigenvalue weighted by molar-refractivity contribution is 6.05. The molecule has 7 heteroatoms. The quantitative estimate of drug-likeness (QED) is 0.609. The molecule has 0 spiro atoms. The highest BCUT2D eigenvalue weighted by atomic mass is 16.2. The van der Waals surface area contributed by atoms with Crippen molar-refractivity contribution in [3.05, 3.63) is 54.2 Å². The summed E-state index contributed by atoms with van der Waals surface area (Å²) in [6.45, 7) is 9.45. The molecule has 188 valence electrons. The molecule has 3 fully saturated rings. The first-order chi connectivity index (χ1) is 17.5. The van der Waals surface area contributed by atoms with E-state index in [4.69, 9.17) is 0 Å². The fraction of sp³-hybridized carbons (Fsp3) is 0.483. The Kier molecular flexibility index (Phi) is 6.04. The Bertz CT molecular complexity index is 1250. The summed E-state index contributed by atoms with van der Waals surface area (Å²) >= 11 is 0. The Morgan fingerprint density at radius 2 is 1.56 bits per heavy atom. The molecule has 2 atom stereocenters. The standard InChI is InChI=1S/C29H35N5O2/c1-19(2)32-12-10-21(11-13-32)28(35)33-15-23-17-34(18-24(23)16-33)29(36)27-25-9-8-22(14-26(25)30-31-27)20-6-4-3-5-7-20/h3-9,14,19,21,23-24H,10-13,15-18H2,1-2H3,(H,30,31). The number of amides is 2. The van der Waals surface area contributed by atoms with Crippen LogP contribution in [-0.4, -0.2) is 82.0 Å². The summed E-state index contributed by atoms with van der Waals surface area (Å²) in [5.74, 6) is 1.21. The SMILES string of the molecule is CC(C)N1CCC(C(=O)N2CC3CN(C(=O)c4n[nH]c5cc(-c6ccccc6)ccc45)CC3C2)CC1. The number of carbonyl (C=O) groups is 2. The van der Waals surface area contributed by atoms with Crippen LogP contribution in [0, 0.1) is 17.8 Å². The van der Waals surface area contributed by atoms with Gasteiger partial charge in [0.2, 0.25) is 5.91 Å². The fourth-order valence-electron chi connectivity index (χ4n) is 6.40. The van der Waals surface area contributed by atoms with E-state index in [0.29, 0.717) is 42.6 Å². The number of rotatable bonds is 4. The molecule has 3 aliphatic rings. The van der Waals surface area contributed by atoms with Crippen LogP contribution in [0.4, 0.5) is 0 Å². The van der Waals surface area contributed by atoms with Crippen LogP contribution in [0.25, 0.3) is 22.0 Å². The van der Waals surface area contributed by atoms with Gasteiger partial charge < -0.3 is 14.7 Å². The number of benzene rings is 2. The predicted molar refractivity (Wildman–Crippen MR) is 140 cm³/mol. The van der Waals surface area contributed by atoms with E-state index >= 15 is 0 Å². The van der Waals surface area contributed by atoms with Gasteiger partial charge in [-0.15, -0.1) is 0 Å². The van der Waals surface area contributed by atoms with Gasteiger partial charge in [0.25, 0.3) is 5.91 Å². The zero-order chi connectivity index (χ0) is 24.8. The number of aromatic amines is 1. The number of fused-ring (bicyclic) bond motifs is 2. The molecule has 3 aromatic rings. The molecule has 3 saturated heterocycles. The summed E-state index contributed by atoms with van der Waals surface area (Å²) in [6, 6.07) is 16.9. The molecule has 36 heavy (non-hydrogen) atoms. The summed E-state index contributed by atoms with van der Waals surface area (Å²) in [5, 5.41) is 8.34. The largest absolute Gasteiger partial charge is 0.342 e. The van der Waals surface area contributed by atoms with Gasteiger partial charge in [-0.25, -0.2) is 0 Å². The van der Waals surface area contributed by atoms with Crippen molar-refractivity contribution in [2.45, 2.75) is 32.7 Å². The van der Waals surface area contributed by atoms with Gasteiger partial charge in [-0.05, 0) is 63.0 Å². The smallest absolute Gasteiger partial charge is 0.275 e. The maximum atomic E-state index is 13.4. The van der Waals surface area contributed by atoms with Gasteiger partial charge in [-0.2, -0.15) is 5.10 Å². The lowest BCUT2D eigenvalue weighted by molar-refractivity contribution is -0.136. The Morgan fingerprint density at radius 1 is 0.889 bits per heavy atom. The van der Waals surface area contributed by atoms with Crippen molar-refractivity contribution < 1.29 is 9.59 Å². The summed E-state index contributed by atoms with van der Waals surface area (Å²) in [6.07, 6.45) is 1.93. The lowest BCUT2D eigenvalue weighted by Crippen LogP contribution is -2.44. The predicted octanol–water partition coefficient (Wildman–Crippen LogP) is 3.88. The number of carbonyl (C=O) groups excluding carboxylic acids is 2. The van der Waals surface area contributed by atoms with Gasteiger partial charge in [0.05, 0.1) is 5.52 Å². The average Bonchev–Trinajstić information content (AvgIpc) is 3.61. The third kappa shape index (κ3) is 4.19. The van der Waals surface area contributed by atoms with E-state index in [9.17, 15) is 9.59 Å². The van der Waals surface area contributed by atoms with Crippen molar-refractivity contribution in [3.63, 3.8) is 0 Å². The molecular weight excluding hydrogens is 450 g/mol. The molecule has 2 amide bonds. The van der Waals surface area contributed by atoms with Crippen molar-refractivity contribution in [1.82, 2.24) is 24.9 Å². The Morgan fingerprint density at radius 3 is 2.22 bits per heavy atom. The Balaban J connectivity index is 1.09. The molecule has 1 N–H and O–H groups in total. The van der Waals surface area contributed by atoms with Crippen LogP contribution in [0.5, 0.6) is 0 Å². The molecule has 2 aromatic carbocycles. The van der Waals surface area contributed by atoms with E-state index in [1.807, 2.05) is 29.2 Å². The number of H-pyrrole nitrogens is 1. The molecule has 0 aliphatic carbocycles. The number of nitrogens with zero attached hydrogens (tertiary/aromatic N) is 4. The topological polar surface area (TPSA) is 72.5 Å². The first kappa shape index (κ1) is 23.2. The number of likely N-dealkylation sites (tertiary alicyclic amines) is 3. The lowest BCUT2D eigenvalue weighted by atomic mass is 9.94. The summed E-state index contributed by atoms with van der Waals surface area (Å²) < 4.78 is 0. The highest BCUT2D eigenvalue weighted by Crippen LogP contribution is 2.34. The van der Waals surface area contributed by atoms with Crippen molar-refractivity contribution in [2.75, 3.05) is 39.3 Å². The minimum Gasteiger partial charge on any atom is -0.342 e. The number of piperidine rings is 1. The summed E-state index contributed by atoms with van der Waals surface area (Å²) in [4.78, 5) is 33.1. The van der Waals surface area contributed by atoms with Crippen molar-refractivity contribution >= 4 is 22.7 Å². The van der Waals surface area contributed by atoms with Crippen molar-refractivity contribution in [3.8, 4) is 11.1 Å². The highest BCUT2D eigenvalue weighted by Gasteiger charge is 2.44. The van der Waals surface area contributed by atoms with E-state index < -0.39 is 0 Å². The maximum Gasteiger partial charge on any atom is 0.275 e. The van der Waals surface area contributed by atoms with Gasteiger partial charge in [0.15, 0.2) is 5.69 Å². The second-order valence-electron chi connectivity index (χ2n) is 11.1. The van der Waals surface area contributed by atoms with Crippen LogP contribution in [-0.2, 0) is 4.79 Å². The fourth-order valence-corrected chi connectivity index (χ4v) is 6.40. The van der Waals surface area contributed by atoms with Crippen molar-refractivity contribution in [2.24, 2.45) is 17.8 Å². The maximum absolute atomic E-state index is 13.4. The molecule has 6 rings (SSSR count). The van der Waals surface area contributed by atoms with Crippen LogP contribution >= 0.6 is 0 Å². The number of nitrogens with one attached hydrogen (secondary N) is 1. The zero-order valence-electron chi connectivity index (χ0n) is 21.2. The van der Waals surface area contributed by atoms with E-state index in [0.717, 1.165) is 61.1 Å². The van der Waals surface area contributed by atoms with Crippen LogP contribution < -0.4 is 0 Å².